The molecule has 0 unspecified atom stereocenters. The zero-order valence-corrected chi connectivity index (χ0v) is 17.4. The molecule has 0 atom stereocenters. The molecule has 0 aliphatic carbocycles. The highest BCUT2D eigenvalue weighted by Crippen LogP contribution is 2.32. The molecule has 0 nitrogen and oxygen atoms in total. The van der Waals surface area contributed by atoms with Crippen LogP contribution >= 0.6 is 0 Å². The quantitative estimate of drug-likeness (QED) is 0.348. The number of rotatable bonds is 2. The van der Waals surface area contributed by atoms with Gasteiger partial charge < -0.3 is 0 Å². The van der Waals surface area contributed by atoms with Crippen molar-refractivity contribution < 1.29 is 0 Å². The van der Waals surface area contributed by atoms with Gasteiger partial charge in [0, 0.05) is 5.56 Å². The van der Waals surface area contributed by atoms with Crippen molar-refractivity contribution in [1.82, 2.24) is 0 Å². The Bertz CT molecular complexity index is 896. The fourth-order valence-corrected chi connectivity index (χ4v) is 3.38. The number of hydrogen-bond acceptors (Lipinski definition) is 0. The van der Waals surface area contributed by atoms with Gasteiger partial charge in [0.15, 0.2) is 0 Å². The van der Waals surface area contributed by atoms with E-state index in [2.05, 4.69) is 112 Å². The highest BCUT2D eigenvalue weighted by molar-refractivity contribution is 6.83. The molecule has 3 aromatic carbocycles. The highest BCUT2D eigenvalue weighted by Gasteiger charge is 2.12. The minimum atomic E-state index is -1.47. The van der Waals surface area contributed by atoms with Gasteiger partial charge in [0.1, 0.15) is 8.07 Å². The van der Waals surface area contributed by atoms with E-state index >= 15 is 0 Å². The van der Waals surface area contributed by atoms with E-state index in [1.165, 1.54) is 33.4 Å². The summed E-state index contributed by atoms with van der Waals surface area (Å²) in [5.74, 6) is 3.56. The summed E-state index contributed by atoms with van der Waals surface area (Å²) in [6.45, 7) is 11.1. The Balaban J connectivity index is 2.24. The Labute approximate surface area is 158 Å². The van der Waals surface area contributed by atoms with Crippen LogP contribution in [0.3, 0.4) is 0 Å². The minimum absolute atomic E-state index is 1.14. The third-order valence-corrected chi connectivity index (χ3v) is 5.23. The van der Waals surface area contributed by atoms with Crippen LogP contribution in [0.25, 0.3) is 22.3 Å². The van der Waals surface area contributed by atoms with Crippen LogP contribution in [-0.4, -0.2) is 8.07 Å². The Kier molecular flexibility index (Phi) is 5.16. The third kappa shape index (κ3) is 4.34. The van der Waals surface area contributed by atoms with Crippen LogP contribution in [0.15, 0.2) is 66.7 Å². The second-order valence-electron chi connectivity index (χ2n) is 7.96. The first-order chi connectivity index (χ1) is 12.3. The smallest absolute Gasteiger partial charge is 0.127 e. The predicted octanol–water partition coefficient (Wildman–Crippen LogP) is 6.87. The summed E-state index contributed by atoms with van der Waals surface area (Å²) in [6.07, 6.45) is 0. The standard InChI is InChI=1S/C25H26Si/c1-19-9-13-21(14-10-19)23-7-6-8-24(22-15-11-20(2)12-16-22)25(23)17-18-26(3,4)5/h6-16H,1-5H3. The Morgan fingerprint density at radius 3 is 1.42 bits per heavy atom. The van der Waals surface area contributed by atoms with Gasteiger partial charge in [-0.25, -0.2) is 0 Å². The van der Waals surface area contributed by atoms with Gasteiger partial charge in [0.05, 0.1) is 0 Å². The van der Waals surface area contributed by atoms with Crippen LogP contribution in [-0.2, 0) is 0 Å². The van der Waals surface area contributed by atoms with E-state index in [9.17, 15) is 0 Å². The topological polar surface area (TPSA) is 0 Å². The molecule has 0 aromatic heterocycles. The van der Waals surface area contributed by atoms with Crippen LogP contribution in [0, 0.1) is 25.3 Å². The number of aryl methyl sites for hydroxylation is 2. The van der Waals surface area contributed by atoms with Gasteiger partial charge >= 0.3 is 0 Å². The molecule has 0 amide bonds. The van der Waals surface area contributed by atoms with Gasteiger partial charge in [-0.2, -0.15) is 0 Å². The zero-order chi connectivity index (χ0) is 18.7. The van der Waals surface area contributed by atoms with Gasteiger partial charge in [-0.1, -0.05) is 103 Å². The van der Waals surface area contributed by atoms with Crippen molar-refractivity contribution in [2.24, 2.45) is 0 Å². The maximum absolute atomic E-state index is 3.57. The molecular formula is C25H26Si. The monoisotopic (exact) mass is 354 g/mol. The summed E-state index contributed by atoms with van der Waals surface area (Å²) in [4.78, 5) is 0. The molecule has 3 aromatic rings. The van der Waals surface area contributed by atoms with Crippen LogP contribution < -0.4 is 0 Å². The Hall–Kier alpha value is -2.56. The van der Waals surface area contributed by atoms with Crippen molar-refractivity contribution in [3.63, 3.8) is 0 Å². The maximum atomic E-state index is 3.57. The second kappa shape index (κ2) is 7.36. The molecule has 0 radical (unpaired) electrons. The van der Waals surface area contributed by atoms with E-state index in [4.69, 9.17) is 0 Å². The molecule has 3 rings (SSSR count). The number of hydrogen-bond donors (Lipinski definition) is 0. The second-order valence-corrected chi connectivity index (χ2v) is 12.7. The summed E-state index contributed by atoms with van der Waals surface area (Å²) in [6, 6.07) is 24.0. The molecule has 0 spiro atoms. The minimum Gasteiger partial charge on any atom is -0.127 e. The molecule has 0 heterocycles. The van der Waals surface area contributed by atoms with Crippen molar-refractivity contribution in [3.8, 4) is 33.7 Å². The van der Waals surface area contributed by atoms with E-state index in [0.29, 0.717) is 0 Å². The van der Waals surface area contributed by atoms with E-state index in [-0.39, 0.29) is 0 Å². The summed E-state index contributed by atoms with van der Waals surface area (Å²) >= 11 is 0. The summed E-state index contributed by atoms with van der Waals surface area (Å²) < 4.78 is 0. The molecule has 0 N–H and O–H groups in total. The van der Waals surface area contributed by atoms with Crippen LogP contribution in [0.5, 0.6) is 0 Å². The molecule has 0 bridgehead atoms. The normalized spacial score (nSPS) is 11.0. The van der Waals surface area contributed by atoms with Gasteiger partial charge in [-0.3, -0.25) is 0 Å². The molecule has 0 aliphatic rings. The first-order valence-corrected chi connectivity index (χ1v) is 12.6. The van der Waals surface area contributed by atoms with E-state index < -0.39 is 8.07 Å². The van der Waals surface area contributed by atoms with Gasteiger partial charge in [0.25, 0.3) is 0 Å². The maximum Gasteiger partial charge on any atom is 0.129 e. The lowest BCUT2D eigenvalue weighted by atomic mass is 9.91. The SMILES string of the molecule is Cc1ccc(-c2cccc(-c3ccc(C)cc3)c2C#C[Si](C)(C)C)cc1. The first kappa shape index (κ1) is 18.2. The van der Waals surface area contributed by atoms with E-state index in [1.54, 1.807) is 0 Å². The lowest BCUT2D eigenvalue weighted by Gasteiger charge is -2.13. The van der Waals surface area contributed by atoms with Crippen molar-refractivity contribution in [3.05, 3.63) is 83.4 Å². The Morgan fingerprint density at radius 2 is 1.04 bits per heavy atom. The average Bonchev–Trinajstić information content (AvgIpc) is 2.60. The third-order valence-electron chi connectivity index (χ3n) is 4.35. The Morgan fingerprint density at radius 1 is 0.615 bits per heavy atom. The predicted molar refractivity (Wildman–Crippen MR) is 117 cm³/mol. The molecule has 0 fully saturated rings. The van der Waals surface area contributed by atoms with Crippen LogP contribution in [0.2, 0.25) is 19.6 Å². The fraction of sp³-hybridized carbons (Fsp3) is 0.200. The molecule has 0 saturated carbocycles. The number of benzene rings is 3. The van der Waals surface area contributed by atoms with Gasteiger partial charge in [0.2, 0.25) is 0 Å². The van der Waals surface area contributed by atoms with Crippen molar-refractivity contribution in [2.75, 3.05) is 0 Å². The summed E-state index contributed by atoms with van der Waals surface area (Å²) in [5.41, 5.74) is 12.1. The lowest BCUT2D eigenvalue weighted by Crippen LogP contribution is -2.16. The molecule has 26 heavy (non-hydrogen) atoms. The van der Waals surface area contributed by atoms with Crippen molar-refractivity contribution in [1.29, 1.82) is 0 Å². The van der Waals surface area contributed by atoms with Gasteiger partial charge in [-0.05, 0) is 36.1 Å². The molecular weight excluding hydrogens is 328 g/mol. The molecule has 1 heteroatoms. The fourth-order valence-electron chi connectivity index (χ4n) is 2.88. The molecule has 0 aliphatic heterocycles. The lowest BCUT2D eigenvalue weighted by molar-refractivity contribution is 1.45. The van der Waals surface area contributed by atoms with Crippen molar-refractivity contribution in [2.45, 2.75) is 33.5 Å². The van der Waals surface area contributed by atoms with Gasteiger partial charge in [-0.15, -0.1) is 5.54 Å². The largest absolute Gasteiger partial charge is 0.129 e. The average molecular weight is 355 g/mol. The van der Waals surface area contributed by atoms with E-state index in [0.717, 1.165) is 5.56 Å². The zero-order valence-electron chi connectivity index (χ0n) is 16.4. The van der Waals surface area contributed by atoms with Crippen molar-refractivity contribution >= 4 is 8.07 Å². The molecule has 130 valence electrons. The summed E-state index contributed by atoms with van der Waals surface area (Å²) in [5, 5.41) is 0. The van der Waals surface area contributed by atoms with Crippen LogP contribution in [0.4, 0.5) is 0 Å². The summed E-state index contributed by atoms with van der Waals surface area (Å²) in [7, 11) is -1.47. The molecule has 0 saturated heterocycles. The van der Waals surface area contributed by atoms with E-state index in [1.807, 2.05) is 0 Å². The highest BCUT2D eigenvalue weighted by atomic mass is 28.3. The van der Waals surface area contributed by atoms with Crippen LogP contribution in [0.1, 0.15) is 16.7 Å². The first-order valence-electron chi connectivity index (χ1n) is 9.14.